The number of aromatic nitrogens is 2. The van der Waals surface area contributed by atoms with Gasteiger partial charge in [0.25, 0.3) is 5.56 Å². The lowest BCUT2D eigenvalue weighted by molar-refractivity contribution is 0.0520. The highest BCUT2D eigenvalue weighted by Gasteiger charge is 2.14. The lowest BCUT2D eigenvalue weighted by atomic mass is 10.1. The molecule has 1 atom stereocenters. The van der Waals surface area contributed by atoms with Gasteiger partial charge in [0.15, 0.2) is 0 Å². The number of carbonyl (C=O) groups excluding carboxylic acids is 1. The Labute approximate surface area is 143 Å². The molecule has 25 heavy (non-hydrogen) atoms. The Morgan fingerprint density at radius 2 is 1.96 bits per heavy atom. The highest BCUT2D eigenvalue weighted by molar-refractivity contribution is 5.91. The zero-order chi connectivity index (χ0) is 18.6. The van der Waals surface area contributed by atoms with Gasteiger partial charge in [-0.05, 0) is 24.6 Å². The van der Waals surface area contributed by atoms with Crippen molar-refractivity contribution in [3.8, 4) is 5.69 Å². The monoisotopic (exact) mass is 348 g/mol. The Hall–Kier alpha value is -2.71. The van der Waals surface area contributed by atoms with Crippen LogP contribution in [0.5, 0.6) is 0 Å². The summed E-state index contributed by atoms with van der Waals surface area (Å²) in [5.74, 6) is -0.517. The third-order valence-corrected chi connectivity index (χ3v) is 3.73. The Kier molecular flexibility index (Phi) is 5.89. The first-order valence-electron chi connectivity index (χ1n) is 7.58. The van der Waals surface area contributed by atoms with Crippen molar-refractivity contribution >= 4 is 5.97 Å². The van der Waals surface area contributed by atoms with Crippen LogP contribution >= 0.6 is 0 Å². The average Bonchev–Trinajstić information content (AvgIpc) is 2.59. The van der Waals surface area contributed by atoms with Crippen LogP contribution in [0.25, 0.3) is 5.69 Å². The van der Waals surface area contributed by atoms with Gasteiger partial charge in [0, 0.05) is 19.4 Å². The minimum atomic E-state index is -0.991. The average molecular weight is 348 g/mol. The summed E-state index contributed by atoms with van der Waals surface area (Å²) in [6.45, 7) is 1.56. The molecule has 1 aromatic heterocycles. The summed E-state index contributed by atoms with van der Waals surface area (Å²) in [7, 11) is 2.69. The van der Waals surface area contributed by atoms with Gasteiger partial charge in [0.05, 0.1) is 37.6 Å². The van der Waals surface area contributed by atoms with Crippen LogP contribution in [0.4, 0.5) is 0 Å². The molecule has 0 saturated heterocycles. The number of methoxy groups -OCH3 is 2. The molecule has 2 rings (SSSR count). The van der Waals surface area contributed by atoms with Gasteiger partial charge in [-0.25, -0.2) is 9.59 Å². The second-order valence-electron chi connectivity index (χ2n) is 5.52. The molecule has 8 nitrogen and oxygen atoms in total. The quantitative estimate of drug-likeness (QED) is 0.744. The molecule has 1 N–H and O–H groups in total. The van der Waals surface area contributed by atoms with E-state index >= 15 is 0 Å². The maximum absolute atomic E-state index is 12.6. The first-order valence-corrected chi connectivity index (χ1v) is 7.58. The second-order valence-corrected chi connectivity index (χ2v) is 5.52. The molecule has 0 aliphatic carbocycles. The van der Waals surface area contributed by atoms with Gasteiger partial charge in [0.2, 0.25) is 0 Å². The summed E-state index contributed by atoms with van der Waals surface area (Å²) >= 11 is 0. The number of aliphatic hydroxyl groups excluding tert-OH is 1. The van der Waals surface area contributed by atoms with Crippen LogP contribution in [0, 0.1) is 6.92 Å². The zero-order valence-electron chi connectivity index (χ0n) is 14.3. The number of hydrogen-bond donors (Lipinski definition) is 1. The fourth-order valence-corrected chi connectivity index (χ4v) is 2.43. The summed E-state index contributed by atoms with van der Waals surface area (Å²) in [5.41, 5.74) is 0.279. The molecule has 1 heterocycles. The smallest absolute Gasteiger partial charge is 0.338 e. The predicted molar refractivity (Wildman–Crippen MR) is 90.3 cm³/mol. The standard InChI is InChI=1S/C17H20N2O6/c1-11-4-5-12(8-14(11)16(22)25-3)18-7-6-15(21)19(17(18)23)9-13(20)10-24-2/h4-8,13,20H,9-10H2,1-3H3/t13-/m1/s1. The molecular weight excluding hydrogens is 328 g/mol. The predicted octanol–water partition coefficient (Wildman–Crippen LogP) is 0.102. The largest absolute Gasteiger partial charge is 0.465 e. The van der Waals surface area contributed by atoms with E-state index in [1.165, 1.54) is 37.1 Å². The van der Waals surface area contributed by atoms with Crippen LogP contribution in [0.2, 0.25) is 0 Å². The van der Waals surface area contributed by atoms with E-state index < -0.39 is 23.3 Å². The molecular formula is C17H20N2O6. The SMILES string of the molecule is COC[C@H](O)Cn1c(=O)ccn(-c2ccc(C)c(C(=O)OC)c2)c1=O. The van der Waals surface area contributed by atoms with Gasteiger partial charge in [-0.3, -0.25) is 13.9 Å². The van der Waals surface area contributed by atoms with Crippen molar-refractivity contribution in [1.29, 1.82) is 0 Å². The Bertz CT molecular complexity index is 883. The van der Waals surface area contributed by atoms with Crippen LogP contribution < -0.4 is 11.2 Å². The maximum atomic E-state index is 12.6. The van der Waals surface area contributed by atoms with E-state index in [-0.39, 0.29) is 13.2 Å². The second kappa shape index (κ2) is 7.91. The van der Waals surface area contributed by atoms with Crippen LogP contribution in [-0.4, -0.2) is 47.1 Å². The Balaban J connectivity index is 2.52. The third kappa shape index (κ3) is 4.04. The molecule has 0 fully saturated rings. The van der Waals surface area contributed by atoms with Crippen molar-refractivity contribution in [3.63, 3.8) is 0 Å². The van der Waals surface area contributed by atoms with E-state index in [2.05, 4.69) is 0 Å². The van der Waals surface area contributed by atoms with E-state index in [4.69, 9.17) is 9.47 Å². The summed E-state index contributed by atoms with van der Waals surface area (Å²) in [4.78, 5) is 36.4. The van der Waals surface area contributed by atoms with Crippen molar-refractivity contribution in [3.05, 3.63) is 62.4 Å². The van der Waals surface area contributed by atoms with Crippen LogP contribution in [0.3, 0.4) is 0 Å². The lowest BCUT2D eigenvalue weighted by Crippen LogP contribution is -2.41. The van der Waals surface area contributed by atoms with Crippen LogP contribution in [-0.2, 0) is 16.0 Å². The molecule has 0 aliphatic heterocycles. The van der Waals surface area contributed by atoms with E-state index in [1.54, 1.807) is 19.1 Å². The molecule has 0 spiro atoms. The van der Waals surface area contributed by atoms with Crippen molar-refractivity contribution in [2.45, 2.75) is 19.6 Å². The van der Waals surface area contributed by atoms with Crippen molar-refractivity contribution in [1.82, 2.24) is 9.13 Å². The van der Waals surface area contributed by atoms with Crippen molar-refractivity contribution in [2.24, 2.45) is 0 Å². The van der Waals surface area contributed by atoms with Gasteiger partial charge in [-0.15, -0.1) is 0 Å². The number of rotatable bonds is 6. The molecule has 1 aromatic carbocycles. The van der Waals surface area contributed by atoms with Crippen molar-refractivity contribution in [2.75, 3.05) is 20.8 Å². The number of aryl methyl sites for hydroxylation is 1. The number of esters is 1. The molecule has 8 heteroatoms. The topological polar surface area (TPSA) is 99.8 Å². The van der Waals surface area contributed by atoms with Crippen LogP contribution in [0.1, 0.15) is 15.9 Å². The molecule has 0 saturated carbocycles. The maximum Gasteiger partial charge on any atom is 0.338 e. The van der Waals surface area contributed by atoms with E-state index in [0.717, 1.165) is 4.57 Å². The molecule has 0 aliphatic rings. The number of aliphatic hydroxyl groups is 1. The first kappa shape index (κ1) is 18.6. The number of carbonyl (C=O) groups is 1. The van der Waals surface area contributed by atoms with E-state index in [0.29, 0.717) is 16.8 Å². The summed E-state index contributed by atoms with van der Waals surface area (Å²) in [5, 5.41) is 9.80. The van der Waals surface area contributed by atoms with Gasteiger partial charge >= 0.3 is 11.7 Å². The molecule has 2 aromatic rings. The van der Waals surface area contributed by atoms with Gasteiger partial charge in [0.1, 0.15) is 0 Å². The van der Waals surface area contributed by atoms with Crippen LogP contribution in [0.15, 0.2) is 40.1 Å². The van der Waals surface area contributed by atoms with Crippen molar-refractivity contribution < 1.29 is 19.4 Å². The summed E-state index contributed by atoms with van der Waals surface area (Å²) in [6, 6.07) is 6.08. The Morgan fingerprint density at radius 3 is 2.60 bits per heavy atom. The molecule has 0 amide bonds. The van der Waals surface area contributed by atoms with Gasteiger partial charge in [-0.2, -0.15) is 0 Å². The minimum absolute atomic E-state index is 0.00219. The number of benzene rings is 1. The van der Waals surface area contributed by atoms with Gasteiger partial charge in [-0.1, -0.05) is 6.07 Å². The Morgan fingerprint density at radius 1 is 1.24 bits per heavy atom. The van der Waals surface area contributed by atoms with Gasteiger partial charge < -0.3 is 14.6 Å². The fourth-order valence-electron chi connectivity index (χ4n) is 2.43. The normalized spacial score (nSPS) is 12.0. The molecule has 0 bridgehead atoms. The summed E-state index contributed by atoms with van der Waals surface area (Å²) in [6.07, 6.45) is 0.338. The minimum Gasteiger partial charge on any atom is -0.465 e. The fraction of sp³-hybridized carbons (Fsp3) is 0.353. The molecule has 0 radical (unpaired) electrons. The number of nitrogens with zero attached hydrogens (tertiary/aromatic N) is 2. The van der Waals surface area contributed by atoms with E-state index in [9.17, 15) is 19.5 Å². The highest BCUT2D eigenvalue weighted by atomic mass is 16.5. The lowest BCUT2D eigenvalue weighted by Gasteiger charge is -2.14. The molecule has 134 valence electrons. The summed E-state index contributed by atoms with van der Waals surface area (Å²) < 4.78 is 11.7. The molecule has 0 unspecified atom stereocenters. The third-order valence-electron chi connectivity index (χ3n) is 3.73. The highest BCUT2D eigenvalue weighted by Crippen LogP contribution is 2.14. The number of hydrogen-bond acceptors (Lipinski definition) is 6. The first-order chi connectivity index (χ1) is 11.9. The van der Waals surface area contributed by atoms with E-state index in [1.807, 2.05) is 0 Å². The zero-order valence-corrected chi connectivity index (χ0v) is 14.3. The number of ether oxygens (including phenoxy) is 2.